The first kappa shape index (κ1) is 20.1. The number of fused-ring (bicyclic) bond motifs is 1. The fraction of sp³-hybridized carbons (Fsp3) is 0.526. The summed E-state index contributed by atoms with van der Waals surface area (Å²) < 4.78 is 5.22. The maximum atomic E-state index is 12.8. The molecular formula is C19H27N5O4. The van der Waals surface area contributed by atoms with Gasteiger partial charge in [0.05, 0.1) is 13.7 Å². The lowest BCUT2D eigenvalue weighted by Crippen LogP contribution is -2.64. The van der Waals surface area contributed by atoms with Crippen LogP contribution in [0, 0.1) is 0 Å². The van der Waals surface area contributed by atoms with Crippen LogP contribution in [0.1, 0.15) is 28.8 Å². The van der Waals surface area contributed by atoms with Crippen LogP contribution in [0.4, 0.5) is 4.79 Å². The van der Waals surface area contributed by atoms with Crippen LogP contribution in [0.5, 0.6) is 5.75 Å². The standard InChI is InChI=1S/C19H27N5O4/c1-28-15-2-3-16-13(8-15)9-24(17(16)26)11-19(12-25,23-18(20)27)10-22-14-4-6-21-7-5-14/h2-3,8,12,14,21-22H,4-7,9-11H2,1H3,(H3,20,23,27). The molecule has 2 heterocycles. The zero-order valence-corrected chi connectivity index (χ0v) is 16.0. The molecule has 1 unspecified atom stereocenters. The van der Waals surface area contributed by atoms with Crippen LogP contribution in [0.2, 0.25) is 0 Å². The fourth-order valence-corrected chi connectivity index (χ4v) is 3.80. The topological polar surface area (TPSA) is 126 Å². The van der Waals surface area contributed by atoms with E-state index < -0.39 is 11.6 Å². The van der Waals surface area contributed by atoms with Gasteiger partial charge in [0.1, 0.15) is 17.6 Å². The molecule has 1 aromatic rings. The van der Waals surface area contributed by atoms with Crippen molar-refractivity contribution in [1.82, 2.24) is 20.9 Å². The predicted octanol–water partition coefficient (Wildman–Crippen LogP) is -0.401. The number of rotatable bonds is 8. The first-order chi connectivity index (χ1) is 13.5. The molecule has 2 aliphatic rings. The van der Waals surface area contributed by atoms with E-state index in [0.29, 0.717) is 24.1 Å². The summed E-state index contributed by atoms with van der Waals surface area (Å²) in [6, 6.07) is 4.70. The normalized spacial score (nSPS) is 19.0. The Morgan fingerprint density at radius 2 is 2.18 bits per heavy atom. The van der Waals surface area contributed by atoms with E-state index in [1.165, 1.54) is 0 Å². The fourth-order valence-electron chi connectivity index (χ4n) is 3.80. The molecule has 3 rings (SSSR count). The van der Waals surface area contributed by atoms with E-state index >= 15 is 0 Å². The molecule has 9 heteroatoms. The Bertz CT molecular complexity index is 750. The molecule has 1 fully saturated rings. The van der Waals surface area contributed by atoms with Gasteiger partial charge >= 0.3 is 6.03 Å². The third-order valence-electron chi connectivity index (χ3n) is 5.31. The molecule has 1 atom stereocenters. The minimum atomic E-state index is -1.29. The molecule has 2 aliphatic heterocycles. The van der Waals surface area contributed by atoms with Crippen molar-refractivity contribution in [2.45, 2.75) is 31.0 Å². The Morgan fingerprint density at radius 1 is 1.43 bits per heavy atom. The van der Waals surface area contributed by atoms with Gasteiger partial charge in [-0.1, -0.05) is 0 Å². The molecular weight excluding hydrogens is 362 g/mol. The van der Waals surface area contributed by atoms with E-state index in [-0.39, 0.29) is 25.0 Å². The van der Waals surface area contributed by atoms with Crippen molar-refractivity contribution in [3.05, 3.63) is 29.3 Å². The molecule has 28 heavy (non-hydrogen) atoms. The Hall–Kier alpha value is -2.65. The second-order valence-corrected chi connectivity index (χ2v) is 7.35. The van der Waals surface area contributed by atoms with Gasteiger partial charge in [-0.3, -0.25) is 4.79 Å². The van der Waals surface area contributed by atoms with Crippen LogP contribution in [-0.4, -0.2) is 68.0 Å². The molecule has 3 amide bonds. The highest BCUT2D eigenvalue weighted by molar-refractivity contribution is 5.99. The molecule has 0 radical (unpaired) electrons. The van der Waals surface area contributed by atoms with Crippen molar-refractivity contribution < 1.29 is 19.1 Å². The van der Waals surface area contributed by atoms with Crippen molar-refractivity contribution in [2.75, 3.05) is 33.3 Å². The first-order valence-electron chi connectivity index (χ1n) is 9.40. The lowest BCUT2D eigenvalue weighted by Gasteiger charge is -2.35. The summed E-state index contributed by atoms with van der Waals surface area (Å²) in [4.78, 5) is 37.9. The second-order valence-electron chi connectivity index (χ2n) is 7.35. The molecule has 9 nitrogen and oxygen atoms in total. The number of piperidine rings is 1. The van der Waals surface area contributed by atoms with Crippen LogP contribution in [0.3, 0.4) is 0 Å². The smallest absolute Gasteiger partial charge is 0.313 e. The monoisotopic (exact) mass is 389 g/mol. The van der Waals surface area contributed by atoms with Crippen LogP contribution >= 0.6 is 0 Å². The second kappa shape index (κ2) is 8.57. The van der Waals surface area contributed by atoms with E-state index in [1.54, 1.807) is 24.1 Å². The highest BCUT2D eigenvalue weighted by Gasteiger charge is 2.38. The number of amides is 3. The van der Waals surface area contributed by atoms with E-state index in [0.717, 1.165) is 31.5 Å². The maximum absolute atomic E-state index is 12.8. The summed E-state index contributed by atoms with van der Waals surface area (Å²) in [5.74, 6) is 0.481. The zero-order chi connectivity index (χ0) is 20.1. The van der Waals surface area contributed by atoms with E-state index in [1.807, 2.05) is 6.07 Å². The third kappa shape index (κ3) is 4.42. The van der Waals surface area contributed by atoms with Crippen molar-refractivity contribution in [1.29, 1.82) is 0 Å². The van der Waals surface area contributed by atoms with Gasteiger partial charge in [-0.15, -0.1) is 0 Å². The van der Waals surface area contributed by atoms with Gasteiger partial charge in [-0.2, -0.15) is 0 Å². The minimum Gasteiger partial charge on any atom is -0.497 e. The van der Waals surface area contributed by atoms with Crippen molar-refractivity contribution >= 4 is 18.2 Å². The number of nitrogens with one attached hydrogen (secondary N) is 3. The van der Waals surface area contributed by atoms with Gasteiger partial charge in [0.25, 0.3) is 5.91 Å². The number of benzene rings is 1. The maximum Gasteiger partial charge on any atom is 0.313 e. The molecule has 0 aliphatic carbocycles. The van der Waals surface area contributed by atoms with Crippen molar-refractivity contribution in [2.24, 2.45) is 5.73 Å². The van der Waals surface area contributed by atoms with Crippen molar-refractivity contribution in [3.63, 3.8) is 0 Å². The average molecular weight is 389 g/mol. The van der Waals surface area contributed by atoms with E-state index in [2.05, 4.69) is 16.0 Å². The predicted molar refractivity (Wildman–Crippen MR) is 103 cm³/mol. The van der Waals surface area contributed by atoms with Gasteiger partial charge in [-0.25, -0.2) is 4.79 Å². The van der Waals surface area contributed by atoms with Crippen LogP contribution < -0.4 is 26.4 Å². The minimum absolute atomic E-state index is 0.0350. The van der Waals surface area contributed by atoms with Crippen LogP contribution in [0.15, 0.2) is 18.2 Å². The zero-order valence-electron chi connectivity index (χ0n) is 16.0. The number of methoxy groups -OCH3 is 1. The number of ether oxygens (including phenoxy) is 1. The number of nitrogens with zero attached hydrogens (tertiary/aromatic N) is 1. The number of carbonyl (C=O) groups excluding carboxylic acids is 3. The molecule has 0 bridgehead atoms. The number of urea groups is 1. The number of primary amides is 1. The average Bonchev–Trinajstić information content (AvgIpc) is 3.01. The summed E-state index contributed by atoms with van der Waals surface area (Å²) in [5.41, 5.74) is 5.44. The molecule has 5 N–H and O–H groups in total. The molecule has 1 saturated heterocycles. The summed E-state index contributed by atoms with van der Waals surface area (Å²) in [7, 11) is 1.57. The summed E-state index contributed by atoms with van der Waals surface area (Å²) in [6.07, 6.45) is 2.53. The largest absolute Gasteiger partial charge is 0.497 e. The SMILES string of the molecule is COc1ccc2c(c1)CN(CC(C=O)(CNC1CCNCC1)NC(N)=O)C2=O. The Morgan fingerprint density at radius 3 is 2.82 bits per heavy atom. The van der Waals surface area contributed by atoms with Crippen LogP contribution in [-0.2, 0) is 11.3 Å². The van der Waals surface area contributed by atoms with Gasteiger partial charge in [0.15, 0.2) is 0 Å². The highest BCUT2D eigenvalue weighted by atomic mass is 16.5. The number of carbonyl (C=O) groups is 3. The summed E-state index contributed by atoms with van der Waals surface area (Å²) >= 11 is 0. The Balaban J connectivity index is 1.74. The third-order valence-corrected chi connectivity index (χ3v) is 5.31. The quantitative estimate of drug-likeness (QED) is 0.448. The number of hydrogen-bond donors (Lipinski definition) is 4. The van der Waals surface area contributed by atoms with E-state index in [4.69, 9.17) is 10.5 Å². The molecule has 0 spiro atoms. The molecule has 1 aromatic carbocycles. The first-order valence-corrected chi connectivity index (χ1v) is 9.40. The Kier molecular flexibility index (Phi) is 6.15. The van der Waals surface area contributed by atoms with Gasteiger partial charge in [0.2, 0.25) is 0 Å². The lowest BCUT2D eigenvalue weighted by molar-refractivity contribution is -0.113. The number of nitrogens with two attached hydrogens (primary N) is 1. The number of aldehydes is 1. The highest BCUT2D eigenvalue weighted by Crippen LogP contribution is 2.27. The van der Waals surface area contributed by atoms with Crippen molar-refractivity contribution in [3.8, 4) is 5.75 Å². The molecule has 0 saturated carbocycles. The van der Waals surface area contributed by atoms with Gasteiger partial charge in [0, 0.05) is 24.7 Å². The molecule has 152 valence electrons. The lowest BCUT2D eigenvalue weighted by atomic mass is 9.98. The summed E-state index contributed by atoms with van der Waals surface area (Å²) in [5, 5.41) is 9.18. The number of hydrogen-bond acceptors (Lipinski definition) is 6. The van der Waals surface area contributed by atoms with Crippen LogP contribution in [0.25, 0.3) is 0 Å². The Labute approximate surface area is 164 Å². The van der Waals surface area contributed by atoms with E-state index in [9.17, 15) is 14.4 Å². The van der Waals surface area contributed by atoms with Gasteiger partial charge in [-0.05, 0) is 49.7 Å². The summed E-state index contributed by atoms with van der Waals surface area (Å²) in [6.45, 7) is 2.38. The molecule has 0 aromatic heterocycles. The van der Waals surface area contributed by atoms with Gasteiger partial charge < -0.3 is 36.1 Å².